The molecule has 0 saturated heterocycles. The van der Waals surface area contributed by atoms with Gasteiger partial charge in [-0.3, -0.25) is 4.79 Å². The van der Waals surface area contributed by atoms with Crippen molar-refractivity contribution in [3.8, 4) is 0 Å². The first kappa shape index (κ1) is 15.7. The summed E-state index contributed by atoms with van der Waals surface area (Å²) in [5, 5.41) is 0. The molecule has 1 saturated carbocycles. The average Bonchev–Trinajstić information content (AvgIpc) is 2.30. The van der Waals surface area contributed by atoms with Gasteiger partial charge in [0.25, 0.3) is 5.91 Å². The van der Waals surface area contributed by atoms with E-state index in [0.29, 0.717) is 18.8 Å². The molecular formula is C14H15BrClF2NO. The van der Waals surface area contributed by atoms with Gasteiger partial charge in [-0.15, -0.1) is 11.6 Å². The number of carbonyl (C=O) groups is 1. The molecule has 0 spiro atoms. The van der Waals surface area contributed by atoms with Crippen LogP contribution in [0.15, 0.2) is 16.6 Å². The summed E-state index contributed by atoms with van der Waals surface area (Å²) in [6.45, 7) is 0.432. The van der Waals surface area contributed by atoms with Crippen molar-refractivity contribution < 1.29 is 13.6 Å². The molecule has 0 aromatic heterocycles. The Balaban J connectivity index is 2.26. The summed E-state index contributed by atoms with van der Waals surface area (Å²) >= 11 is 8.66. The van der Waals surface area contributed by atoms with Crippen molar-refractivity contribution in [3.05, 3.63) is 33.8 Å². The molecule has 2 nitrogen and oxygen atoms in total. The summed E-state index contributed by atoms with van der Waals surface area (Å²) in [5.41, 5.74) is -0.477. The molecule has 6 heteroatoms. The van der Waals surface area contributed by atoms with Crippen LogP contribution < -0.4 is 0 Å². The second-order valence-corrected chi connectivity index (χ2v) is 6.16. The molecule has 0 heterocycles. The van der Waals surface area contributed by atoms with Gasteiger partial charge < -0.3 is 4.90 Å². The number of amides is 1. The Hall–Kier alpha value is -0.680. The third-order valence-corrected chi connectivity index (χ3v) is 4.25. The molecule has 0 aliphatic heterocycles. The van der Waals surface area contributed by atoms with Gasteiger partial charge in [-0.05, 0) is 37.8 Å². The molecule has 110 valence electrons. The van der Waals surface area contributed by atoms with E-state index < -0.39 is 23.1 Å². The van der Waals surface area contributed by atoms with Crippen LogP contribution in [0.1, 0.15) is 36.0 Å². The Bertz CT molecular complexity index is 485. The van der Waals surface area contributed by atoms with Crippen LogP contribution in [-0.4, -0.2) is 29.3 Å². The largest absolute Gasteiger partial charge is 0.335 e. The third-order valence-electron chi connectivity index (χ3n) is 3.53. The van der Waals surface area contributed by atoms with Crippen molar-refractivity contribution in [1.29, 1.82) is 0 Å². The zero-order valence-electron chi connectivity index (χ0n) is 10.8. The average molecular weight is 367 g/mol. The fourth-order valence-electron chi connectivity index (χ4n) is 2.27. The van der Waals surface area contributed by atoms with Gasteiger partial charge in [-0.2, -0.15) is 0 Å². The van der Waals surface area contributed by atoms with E-state index >= 15 is 0 Å². The van der Waals surface area contributed by atoms with Crippen molar-refractivity contribution in [3.63, 3.8) is 0 Å². The van der Waals surface area contributed by atoms with Crippen molar-refractivity contribution in [1.82, 2.24) is 4.90 Å². The molecule has 1 aliphatic carbocycles. The van der Waals surface area contributed by atoms with Gasteiger partial charge in [-0.1, -0.05) is 15.9 Å². The van der Waals surface area contributed by atoms with Gasteiger partial charge in [0, 0.05) is 22.9 Å². The van der Waals surface area contributed by atoms with Crippen LogP contribution in [0.4, 0.5) is 8.78 Å². The lowest BCUT2D eigenvalue weighted by Gasteiger charge is -2.37. The van der Waals surface area contributed by atoms with Gasteiger partial charge >= 0.3 is 0 Å². The molecule has 1 aromatic carbocycles. The van der Waals surface area contributed by atoms with Gasteiger partial charge in [0.2, 0.25) is 0 Å². The smallest absolute Gasteiger partial charge is 0.260 e. The van der Waals surface area contributed by atoms with E-state index in [0.717, 1.165) is 31.4 Å². The fraction of sp³-hybridized carbons (Fsp3) is 0.500. The minimum absolute atomic E-state index is 0.0770. The Labute approximate surface area is 130 Å². The van der Waals surface area contributed by atoms with Crippen LogP contribution in [0.25, 0.3) is 0 Å². The quantitative estimate of drug-likeness (QED) is 0.709. The number of hydrogen-bond donors (Lipinski definition) is 0. The van der Waals surface area contributed by atoms with Crippen LogP contribution >= 0.6 is 27.5 Å². The highest BCUT2D eigenvalue weighted by molar-refractivity contribution is 9.10. The van der Waals surface area contributed by atoms with E-state index in [-0.39, 0.29) is 10.5 Å². The van der Waals surface area contributed by atoms with E-state index in [2.05, 4.69) is 15.9 Å². The summed E-state index contributed by atoms with van der Waals surface area (Å²) in [7, 11) is 0. The lowest BCUT2D eigenvalue weighted by atomic mass is 9.90. The maximum Gasteiger partial charge on any atom is 0.260 e. The van der Waals surface area contributed by atoms with Gasteiger partial charge in [0.05, 0.1) is 0 Å². The summed E-state index contributed by atoms with van der Waals surface area (Å²) in [5.74, 6) is -1.83. The SMILES string of the molecule is O=C(c1c(F)cc(Br)cc1F)N(CCCCl)C1CCC1. The van der Waals surface area contributed by atoms with Crippen LogP contribution in [0.2, 0.25) is 0 Å². The molecule has 0 N–H and O–H groups in total. The monoisotopic (exact) mass is 365 g/mol. The van der Waals surface area contributed by atoms with Crippen LogP contribution in [0.3, 0.4) is 0 Å². The van der Waals surface area contributed by atoms with Gasteiger partial charge in [0.15, 0.2) is 0 Å². The molecule has 1 aromatic rings. The number of nitrogens with zero attached hydrogens (tertiary/aromatic N) is 1. The first-order valence-corrected chi connectivity index (χ1v) is 7.89. The van der Waals surface area contributed by atoms with E-state index in [1.54, 1.807) is 4.90 Å². The first-order valence-electron chi connectivity index (χ1n) is 6.56. The van der Waals surface area contributed by atoms with E-state index in [1.807, 2.05) is 0 Å². The Morgan fingerprint density at radius 1 is 1.35 bits per heavy atom. The van der Waals surface area contributed by atoms with Crippen LogP contribution in [-0.2, 0) is 0 Å². The van der Waals surface area contributed by atoms with Gasteiger partial charge in [0.1, 0.15) is 17.2 Å². The maximum absolute atomic E-state index is 13.9. The second-order valence-electron chi connectivity index (χ2n) is 4.87. The molecule has 1 amide bonds. The number of alkyl halides is 1. The molecule has 0 bridgehead atoms. The molecule has 20 heavy (non-hydrogen) atoms. The first-order chi connectivity index (χ1) is 9.54. The molecule has 2 rings (SSSR count). The molecule has 1 fully saturated rings. The molecular weight excluding hydrogens is 352 g/mol. The molecule has 0 unspecified atom stereocenters. The maximum atomic E-state index is 13.9. The van der Waals surface area contributed by atoms with Crippen molar-refractivity contribution >= 4 is 33.4 Å². The van der Waals surface area contributed by atoms with Gasteiger partial charge in [-0.25, -0.2) is 8.78 Å². The number of rotatable bonds is 5. The molecule has 0 atom stereocenters. The number of hydrogen-bond acceptors (Lipinski definition) is 1. The second kappa shape index (κ2) is 6.85. The van der Waals surface area contributed by atoms with Crippen molar-refractivity contribution in [2.75, 3.05) is 12.4 Å². The third kappa shape index (κ3) is 3.31. The minimum Gasteiger partial charge on any atom is -0.335 e. The highest BCUT2D eigenvalue weighted by Crippen LogP contribution is 2.28. The van der Waals surface area contributed by atoms with Crippen molar-refractivity contribution in [2.45, 2.75) is 31.7 Å². The Morgan fingerprint density at radius 3 is 2.40 bits per heavy atom. The number of benzene rings is 1. The summed E-state index contributed by atoms with van der Waals surface area (Å²) in [6.07, 6.45) is 3.42. The number of halogens is 4. The zero-order valence-corrected chi connectivity index (χ0v) is 13.2. The van der Waals surface area contributed by atoms with E-state index in [1.165, 1.54) is 0 Å². The molecule has 0 radical (unpaired) electrons. The zero-order chi connectivity index (χ0) is 14.7. The topological polar surface area (TPSA) is 20.3 Å². The standard InChI is InChI=1S/C14H15BrClF2NO/c15-9-7-11(17)13(12(18)8-9)14(20)19(6-2-5-16)10-3-1-4-10/h7-8,10H,1-6H2. The lowest BCUT2D eigenvalue weighted by Crippen LogP contribution is -2.45. The van der Waals surface area contributed by atoms with E-state index in [9.17, 15) is 13.6 Å². The van der Waals surface area contributed by atoms with Crippen LogP contribution in [0.5, 0.6) is 0 Å². The number of carbonyl (C=O) groups excluding carboxylic acids is 1. The Morgan fingerprint density at radius 2 is 1.95 bits per heavy atom. The summed E-state index contributed by atoms with van der Waals surface area (Å²) < 4.78 is 28.0. The fourth-order valence-corrected chi connectivity index (χ4v) is 2.79. The highest BCUT2D eigenvalue weighted by Gasteiger charge is 2.31. The lowest BCUT2D eigenvalue weighted by molar-refractivity contribution is 0.0571. The Kier molecular flexibility index (Phi) is 5.38. The van der Waals surface area contributed by atoms with Crippen LogP contribution in [0, 0.1) is 11.6 Å². The predicted molar refractivity (Wildman–Crippen MR) is 78.1 cm³/mol. The highest BCUT2D eigenvalue weighted by atomic mass is 79.9. The summed E-state index contributed by atoms with van der Waals surface area (Å²) in [4.78, 5) is 14.0. The molecule has 1 aliphatic rings. The predicted octanol–water partition coefficient (Wildman–Crippen LogP) is 4.35. The minimum atomic E-state index is -0.836. The van der Waals surface area contributed by atoms with Crippen molar-refractivity contribution in [2.24, 2.45) is 0 Å². The summed E-state index contributed by atoms with van der Waals surface area (Å²) in [6, 6.07) is 2.29. The van der Waals surface area contributed by atoms with E-state index in [4.69, 9.17) is 11.6 Å². The normalized spacial score (nSPS) is 15.0.